The number of hydrogen-bond donors (Lipinski definition) is 1. The van der Waals surface area contributed by atoms with Crippen LogP contribution in [-0.4, -0.2) is 38.2 Å². The quantitative estimate of drug-likeness (QED) is 0.700. The molecule has 0 aliphatic rings. The van der Waals surface area contributed by atoms with Gasteiger partial charge in [0.05, 0.1) is 7.11 Å². The van der Waals surface area contributed by atoms with E-state index in [9.17, 15) is 0 Å². The van der Waals surface area contributed by atoms with Gasteiger partial charge in [0, 0.05) is 17.6 Å². The van der Waals surface area contributed by atoms with Gasteiger partial charge >= 0.3 is 0 Å². The zero-order chi connectivity index (χ0) is 15.0. The molecule has 0 spiro atoms. The van der Waals surface area contributed by atoms with Gasteiger partial charge in [-0.1, -0.05) is 18.2 Å². The van der Waals surface area contributed by atoms with Crippen molar-refractivity contribution in [1.29, 1.82) is 0 Å². The molecule has 1 atom stereocenters. The molecule has 1 unspecified atom stereocenters. The minimum absolute atomic E-state index is 0.328. The van der Waals surface area contributed by atoms with Gasteiger partial charge in [0.2, 0.25) is 0 Å². The highest BCUT2D eigenvalue weighted by Gasteiger charge is 2.09. The van der Waals surface area contributed by atoms with Crippen molar-refractivity contribution in [2.75, 3.05) is 27.2 Å². The minimum atomic E-state index is 0.328. The second-order valence-electron chi connectivity index (χ2n) is 5.70. The van der Waals surface area contributed by atoms with Gasteiger partial charge in [0.25, 0.3) is 0 Å². The number of para-hydroxylation sites is 1. The third-order valence-electron chi connectivity index (χ3n) is 3.88. The largest absolute Gasteiger partial charge is 0.496 e. The summed E-state index contributed by atoms with van der Waals surface area (Å²) in [5.41, 5.74) is 1.23. The SMILES string of the molecule is COc1ccccc1C(C)NCCCCN(C)C(C)C. The van der Waals surface area contributed by atoms with E-state index in [1.165, 1.54) is 24.9 Å². The van der Waals surface area contributed by atoms with Crippen LogP contribution in [0.4, 0.5) is 0 Å². The number of unbranched alkanes of at least 4 members (excludes halogenated alkanes) is 1. The molecule has 114 valence electrons. The Labute approximate surface area is 124 Å². The van der Waals surface area contributed by atoms with Gasteiger partial charge in [-0.05, 0) is 59.8 Å². The number of rotatable bonds is 9. The van der Waals surface area contributed by atoms with Crippen LogP contribution in [0.5, 0.6) is 5.75 Å². The number of ether oxygens (including phenoxy) is 1. The summed E-state index contributed by atoms with van der Waals surface area (Å²) >= 11 is 0. The molecule has 3 nitrogen and oxygen atoms in total. The fraction of sp³-hybridized carbons (Fsp3) is 0.647. The number of methoxy groups -OCH3 is 1. The summed E-state index contributed by atoms with van der Waals surface area (Å²) in [6, 6.07) is 9.18. The Balaban J connectivity index is 2.28. The van der Waals surface area contributed by atoms with Crippen molar-refractivity contribution in [1.82, 2.24) is 10.2 Å². The highest BCUT2D eigenvalue weighted by Crippen LogP contribution is 2.24. The second-order valence-corrected chi connectivity index (χ2v) is 5.70. The second kappa shape index (κ2) is 8.98. The molecule has 1 aromatic carbocycles. The molecular formula is C17H30N2O. The average molecular weight is 278 g/mol. The van der Waals surface area contributed by atoms with Gasteiger partial charge < -0.3 is 15.0 Å². The van der Waals surface area contributed by atoms with Gasteiger partial charge in [-0.2, -0.15) is 0 Å². The van der Waals surface area contributed by atoms with Gasteiger partial charge in [0.1, 0.15) is 5.75 Å². The molecule has 0 saturated heterocycles. The Bertz CT molecular complexity index is 379. The van der Waals surface area contributed by atoms with E-state index in [-0.39, 0.29) is 0 Å². The molecule has 0 radical (unpaired) electrons. The monoisotopic (exact) mass is 278 g/mol. The summed E-state index contributed by atoms with van der Waals surface area (Å²) in [5, 5.41) is 3.58. The van der Waals surface area contributed by atoms with Gasteiger partial charge in [0.15, 0.2) is 0 Å². The van der Waals surface area contributed by atoms with Crippen LogP contribution >= 0.6 is 0 Å². The maximum Gasteiger partial charge on any atom is 0.123 e. The van der Waals surface area contributed by atoms with Crippen molar-refractivity contribution in [3.63, 3.8) is 0 Å². The zero-order valence-corrected chi connectivity index (χ0v) is 13.6. The van der Waals surface area contributed by atoms with Gasteiger partial charge in [-0.15, -0.1) is 0 Å². The van der Waals surface area contributed by atoms with Gasteiger partial charge in [-0.25, -0.2) is 0 Å². The van der Waals surface area contributed by atoms with E-state index in [1.807, 2.05) is 12.1 Å². The van der Waals surface area contributed by atoms with Crippen molar-refractivity contribution >= 4 is 0 Å². The van der Waals surface area contributed by atoms with Crippen LogP contribution in [0.1, 0.15) is 45.2 Å². The van der Waals surface area contributed by atoms with Crippen LogP contribution < -0.4 is 10.1 Å². The fourth-order valence-electron chi connectivity index (χ4n) is 2.20. The first-order valence-corrected chi connectivity index (χ1v) is 7.62. The Hall–Kier alpha value is -1.06. The van der Waals surface area contributed by atoms with Crippen LogP contribution in [0.15, 0.2) is 24.3 Å². The highest BCUT2D eigenvalue weighted by molar-refractivity contribution is 5.35. The lowest BCUT2D eigenvalue weighted by atomic mass is 10.1. The normalized spacial score (nSPS) is 12.9. The molecule has 1 N–H and O–H groups in total. The third kappa shape index (κ3) is 5.51. The Kier molecular flexibility index (Phi) is 7.63. The van der Waals surface area contributed by atoms with Crippen molar-refractivity contribution < 1.29 is 4.74 Å². The molecule has 0 amide bonds. The summed E-state index contributed by atoms with van der Waals surface area (Å²) in [6.07, 6.45) is 2.44. The molecular weight excluding hydrogens is 248 g/mol. The van der Waals surface area contributed by atoms with Crippen molar-refractivity contribution in [3.8, 4) is 5.75 Å². The zero-order valence-electron chi connectivity index (χ0n) is 13.6. The minimum Gasteiger partial charge on any atom is -0.496 e. The molecule has 20 heavy (non-hydrogen) atoms. The van der Waals surface area contributed by atoms with Crippen LogP contribution in [0.3, 0.4) is 0 Å². The number of nitrogens with one attached hydrogen (secondary N) is 1. The molecule has 0 bridgehead atoms. The standard InChI is InChI=1S/C17H30N2O/c1-14(2)19(4)13-9-8-12-18-15(3)16-10-6-7-11-17(16)20-5/h6-7,10-11,14-15,18H,8-9,12-13H2,1-5H3. The Morgan fingerprint density at radius 3 is 2.50 bits per heavy atom. The van der Waals surface area contributed by atoms with E-state index in [4.69, 9.17) is 4.74 Å². The Morgan fingerprint density at radius 1 is 1.15 bits per heavy atom. The van der Waals surface area contributed by atoms with Crippen molar-refractivity contribution in [2.45, 2.75) is 45.7 Å². The highest BCUT2D eigenvalue weighted by atomic mass is 16.5. The van der Waals surface area contributed by atoms with Crippen molar-refractivity contribution in [2.24, 2.45) is 0 Å². The molecule has 1 aromatic rings. The lowest BCUT2D eigenvalue weighted by Gasteiger charge is -2.21. The van der Waals surface area contributed by atoms with E-state index in [0.717, 1.165) is 12.3 Å². The van der Waals surface area contributed by atoms with E-state index in [1.54, 1.807) is 7.11 Å². The molecule has 0 aromatic heterocycles. The summed E-state index contributed by atoms with van der Waals surface area (Å²) in [6.45, 7) is 8.88. The summed E-state index contributed by atoms with van der Waals surface area (Å²) in [7, 11) is 3.92. The van der Waals surface area contributed by atoms with E-state index in [0.29, 0.717) is 12.1 Å². The summed E-state index contributed by atoms with van der Waals surface area (Å²) in [4.78, 5) is 2.39. The maximum absolute atomic E-state index is 5.41. The van der Waals surface area contributed by atoms with Crippen molar-refractivity contribution in [3.05, 3.63) is 29.8 Å². The van der Waals surface area contributed by atoms with Crippen LogP contribution in [0.25, 0.3) is 0 Å². The molecule has 0 aliphatic carbocycles. The van der Waals surface area contributed by atoms with E-state index >= 15 is 0 Å². The predicted molar refractivity (Wildman–Crippen MR) is 86.4 cm³/mol. The summed E-state index contributed by atoms with van der Waals surface area (Å²) < 4.78 is 5.41. The molecule has 0 heterocycles. The Morgan fingerprint density at radius 2 is 1.85 bits per heavy atom. The average Bonchev–Trinajstić information content (AvgIpc) is 2.46. The van der Waals surface area contributed by atoms with Crippen LogP contribution in [0, 0.1) is 0 Å². The number of nitrogens with zero attached hydrogens (tertiary/aromatic N) is 1. The molecule has 0 aliphatic heterocycles. The number of hydrogen-bond acceptors (Lipinski definition) is 3. The first-order valence-electron chi connectivity index (χ1n) is 7.62. The maximum atomic E-state index is 5.41. The topological polar surface area (TPSA) is 24.5 Å². The molecule has 1 rings (SSSR count). The first-order chi connectivity index (χ1) is 9.56. The third-order valence-corrected chi connectivity index (χ3v) is 3.88. The smallest absolute Gasteiger partial charge is 0.123 e. The van der Waals surface area contributed by atoms with E-state index < -0.39 is 0 Å². The van der Waals surface area contributed by atoms with E-state index in [2.05, 4.69) is 50.2 Å². The summed E-state index contributed by atoms with van der Waals surface area (Å²) in [5.74, 6) is 0.965. The van der Waals surface area contributed by atoms with Crippen LogP contribution in [-0.2, 0) is 0 Å². The molecule has 0 fully saturated rings. The lowest BCUT2D eigenvalue weighted by molar-refractivity contribution is 0.267. The first kappa shape index (κ1) is 17.0. The molecule has 0 saturated carbocycles. The fourth-order valence-corrected chi connectivity index (χ4v) is 2.20. The predicted octanol–water partition coefficient (Wildman–Crippen LogP) is 3.47. The molecule has 3 heteroatoms. The lowest BCUT2D eigenvalue weighted by Crippen LogP contribution is -2.28. The van der Waals surface area contributed by atoms with Crippen LogP contribution in [0.2, 0.25) is 0 Å². The van der Waals surface area contributed by atoms with Gasteiger partial charge in [-0.3, -0.25) is 0 Å². The number of benzene rings is 1.